The molecule has 1 aliphatic heterocycles. The molecule has 0 aromatic rings. The molecule has 3 N–H and O–H groups in total. The zero-order chi connectivity index (χ0) is 6.69. The molecule has 1 fully saturated rings. The molecule has 0 aromatic carbocycles. The summed E-state index contributed by atoms with van der Waals surface area (Å²) in [5, 5.41) is 2.80. The molecule has 1 heterocycles. The Labute approximate surface area is 54.6 Å². The van der Waals surface area contributed by atoms with Crippen molar-refractivity contribution >= 4 is 5.91 Å². The smallest absolute Gasteiger partial charge is 0.220 e. The van der Waals surface area contributed by atoms with Gasteiger partial charge in [-0.05, 0) is 12.8 Å². The molecule has 0 bridgehead atoms. The van der Waals surface area contributed by atoms with E-state index in [4.69, 9.17) is 5.73 Å². The van der Waals surface area contributed by atoms with Crippen LogP contribution in [0.1, 0.15) is 19.3 Å². The SMILES string of the molecule is NC[C@H]1CCCC(=O)N1. The van der Waals surface area contributed by atoms with Crippen molar-refractivity contribution in [1.82, 2.24) is 5.32 Å². The van der Waals surface area contributed by atoms with Gasteiger partial charge in [-0.15, -0.1) is 0 Å². The lowest BCUT2D eigenvalue weighted by atomic mass is 10.1. The van der Waals surface area contributed by atoms with Gasteiger partial charge in [0.2, 0.25) is 5.91 Å². The Morgan fingerprint density at radius 1 is 1.78 bits per heavy atom. The molecule has 3 heteroatoms. The van der Waals surface area contributed by atoms with Crippen LogP contribution in [0.15, 0.2) is 0 Å². The number of carbonyl (C=O) groups is 1. The third-order valence-electron chi connectivity index (χ3n) is 1.61. The Kier molecular flexibility index (Phi) is 2.05. The largest absolute Gasteiger partial charge is 0.352 e. The Morgan fingerprint density at radius 2 is 2.56 bits per heavy atom. The van der Waals surface area contributed by atoms with Gasteiger partial charge in [-0.25, -0.2) is 0 Å². The number of hydrogen-bond donors (Lipinski definition) is 2. The van der Waals surface area contributed by atoms with Gasteiger partial charge >= 0.3 is 0 Å². The molecule has 3 nitrogen and oxygen atoms in total. The molecule has 1 atom stereocenters. The Morgan fingerprint density at radius 3 is 3.00 bits per heavy atom. The summed E-state index contributed by atoms with van der Waals surface area (Å²) in [6.07, 6.45) is 2.71. The molecule has 9 heavy (non-hydrogen) atoms. The number of amides is 1. The third-order valence-corrected chi connectivity index (χ3v) is 1.61. The van der Waals surface area contributed by atoms with Crippen LogP contribution in [-0.4, -0.2) is 18.5 Å². The van der Waals surface area contributed by atoms with Crippen LogP contribution in [0.25, 0.3) is 0 Å². The Balaban J connectivity index is 2.32. The number of carbonyl (C=O) groups excluding carboxylic acids is 1. The molecule has 1 amide bonds. The first-order valence-corrected chi connectivity index (χ1v) is 3.32. The van der Waals surface area contributed by atoms with Crippen LogP contribution in [0.3, 0.4) is 0 Å². The molecule has 1 saturated heterocycles. The predicted molar refractivity (Wildman–Crippen MR) is 34.8 cm³/mol. The van der Waals surface area contributed by atoms with Crippen molar-refractivity contribution in [2.24, 2.45) is 5.73 Å². The highest BCUT2D eigenvalue weighted by atomic mass is 16.1. The van der Waals surface area contributed by atoms with Crippen molar-refractivity contribution in [2.45, 2.75) is 25.3 Å². The van der Waals surface area contributed by atoms with Gasteiger partial charge in [0.25, 0.3) is 0 Å². The maximum atomic E-state index is 10.7. The first-order valence-electron chi connectivity index (χ1n) is 3.32. The monoisotopic (exact) mass is 128 g/mol. The first-order chi connectivity index (χ1) is 4.33. The third kappa shape index (κ3) is 1.68. The van der Waals surface area contributed by atoms with Gasteiger partial charge in [0.1, 0.15) is 0 Å². The lowest BCUT2D eigenvalue weighted by molar-refractivity contribution is -0.123. The Bertz CT molecular complexity index is 114. The molecule has 1 aliphatic rings. The van der Waals surface area contributed by atoms with Gasteiger partial charge < -0.3 is 11.1 Å². The topological polar surface area (TPSA) is 55.1 Å². The zero-order valence-corrected chi connectivity index (χ0v) is 5.39. The normalized spacial score (nSPS) is 27.7. The lowest BCUT2D eigenvalue weighted by Crippen LogP contribution is -2.43. The molecule has 0 saturated carbocycles. The fraction of sp³-hybridized carbons (Fsp3) is 0.833. The van der Waals surface area contributed by atoms with Crippen LogP contribution >= 0.6 is 0 Å². The van der Waals surface area contributed by atoms with E-state index in [2.05, 4.69) is 5.32 Å². The van der Waals surface area contributed by atoms with Crippen LogP contribution in [0.4, 0.5) is 0 Å². The molecule has 0 aliphatic carbocycles. The Hall–Kier alpha value is -0.570. The van der Waals surface area contributed by atoms with Gasteiger partial charge in [-0.3, -0.25) is 4.79 Å². The van der Waals surface area contributed by atoms with E-state index in [9.17, 15) is 4.79 Å². The summed E-state index contributed by atoms with van der Waals surface area (Å²) in [5.41, 5.74) is 5.35. The number of piperidine rings is 1. The van der Waals surface area contributed by atoms with E-state index < -0.39 is 0 Å². The molecule has 0 radical (unpaired) electrons. The van der Waals surface area contributed by atoms with E-state index >= 15 is 0 Å². The summed E-state index contributed by atoms with van der Waals surface area (Å²) in [6, 6.07) is 0.242. The highest BCUT2D eigenvalue weighted by molar-refractivity contribution is 5.76. The van der Waals surface area contributed by atoms with Crippen molar-refractivity contribution in [3.8, 4) is 0 Å². The highest BCUT2D eigenvalue weighted by Crippen LogP contribution is 2.05. The first kappa shape index (κ1) is 6.55. The van der Waals surface area contributed by atoms with Gasteiger partial charge in [0.15, 0.2) is 0 Å². The minimum atomic E-state index is 0.150. The molecular weight excluding hydrogens is 116 g/mol. The van der Waals surface area contributed by atoms with E-state index in [-0.39, 0.29) is 11.9 Å². The van der Waals surface area contributed by atoms with Crippen LogP contribution < -0.4 is 11.1 Å². The minimum Gasteiger partial charge on any atom is -0.352 e. The van der Waals surface area contributed by atoms with Gasteiger partial charge in [0.05, 0.1) is 0 Å². The van der Waals surface area contributed by atoms with Crippen LogP contribution in [0.2, 0.25) is 0 Å². The van der Waals surface area contributed by atoms with E-state index in [1.807, 2.05) is 0 Å². The lowest BCUT2D eigenvalue weighted by Gasteiger charge is -2.20. The standard InChI is InChI=1S/C6H12N2O/c7-4-5-2-1-3-6(9)8-5/h5H,1-4,7H2,(H,8,9)/t5-/m1/s1. The summed E-state index contributed by atoms with van der Waals surface area (Å²) in [6.45, 7) is 0.575. The maximum absolute atomic E-state index is 10.7. The van der Waals surface area contributed by atoms with Gasteiger partial charge in [-0.1, -0.05) is 0 Å². The molecule has 0 aromatic heterocycles. The summed E-state index contributed by atoms with van der Waals surface area (Å²) < 4.78 is 0. The van der Waals surface area contributed by atoms with Gasteiger partial charge in [0, 0.05) is 19.0 Å². The van der Waals surface area contributed by atoms with Crippen LogP contribution in [-0.2, 0) is 4.79 Å². The molecule has 1 rings (SSSR count). The summed E-state index contributed by atoms with van der Waals surface area (Å²) in [5.74, 6) is 0.150. The van der Waals surface area contributed by atoms with Crippen molar-refractivity contribution in [3.63, 3.8) is 0 Å². The quantitative estimate of drug-likeness (QED) is 0.505. The van der Waals surface area contributed by atoms with Crippen molar-refractivity contribution < 1.29 is 4.79 Å². The minimum absolute atomic E-state index is 0.150. The maximum Gasteiger partial charge on any atom is 0.220 e. The average Bonchev–Trinajstić information content (AvgIpc) is 1.88. The summed E-state index contributed by atoms with van der Waals surface area (Å²) >= 11 is 0. The second-order valence-electron chi connectivity index (χ2n) is 2.39. The van der Waals surface area contributed by atoms with Crippen molar-refractivity contribution in [2.75, 3.05) is 6.54 Å². The number of nitrogens with two attached hydrogens (primary N) is 1. The number of nitrogens with one attached hydrogen (secondary N) is 1. The van der Waals surface area contributed by atoms with Crippen molar-refractivity contribution in [1.29, 1.82) is 0 Å². The fourth-order valence-electron chi connectivity index (χ4n) is 1.06. The molecular formula is C6H12N2O. The summed E-state index contributed by atoms with van der Waals surface area (Å²) in [7, 11) is 0. The van der Waals surface area contributed by atoms with Crippen LogP contribution in [0, 0.1) is 0 Å². The fourth-order valence-corrected chi connectivity index (χ4v) is 1.06. The highest BCUT2D eigenvalue weighted by Gasteiger charge is 2.15. The average molecular weight is 128 g/mol. The van der Waals surface area contributed by atoms with Crippen LogP contribution in [0.5, 0.6) is 0 Å². The summed E-state index contributed by atoms with van der Waals surface area (Å²) in [4.78, 5) is 10.7. The van der Waals surface area contributed by atoms with E-state index in [0.717, 1.165) is 12.8 Å². The molecule has 0 spiro atoms. The van der Waals surface area contributed by atoms with E-state index in [1.54, 1.807) is 0 Å². The second-order valence-corrected chi connectivity index (χ2v) is 2.39. The molecule has 52 valence electrons. The van der Waals surface area contributed by atoms with Gasteiger partial charge in [-0.2, -0.15) is 0 Å². The molecule has 0 unspecified atom stereocenters. The second kappa shape index (κ2) is 2.82. The van der Waals surface area contributed by atoms with E-state index in [1.165, 1.54) is 0 Å². The zero-order valence-electron chi connectivity index (χ0n) is 5.39. The number of hydrogen-bond acceptors (Lipinski definition) is 2. The number of rotatable bonds is 1. The predicted octanol–water partition coefficient (Wildman–Crippen LogP) is -0.386. The van der Waals surface area contributed by atoms with E-state index in [0.29, 0.717) is 13.0 Å². The van der Waals surface area contributed by atoms with Crippen molar-refractivity contribution in [3.05, 3.63) is 0 Å².